The van der Waals surface area contributed by atoms with Crippen LogP contribution >= 0.6 is 34.5 Å². The minimum Gasteiger partial charge on any atom is -0.475 e. The van der Waals surface area contributed by atoms with Gasteiger partial charge in [-0.05, 0) is 54.1 Å². The second-order valence-electron chi connectivity index (χ2n) is 8.71. The van der Waals surface area contributed by atoms with Crippen molar-refractivity contribution < 1.29 is 36.2 Å². The van der Waals surface area contributed by atoms with Gasteiger partial charge in [0, 0.05) is 28.4 Å². The van der Waals surface area contributed by atoms with E-state index in [1.165, 1.54) is 23.5 Å². The largest absolute Gasteiger partial charge is 0.490 e. The van der Waals surface area contributed by atoms with Gasteiger partial charge in [0.15, 0.2) is 10.6 Å². The summed E-state index contributed by atoms with van der Waals surface area (Å²) in [6, 6.07) is 15.5. The molecule has 8 nitrogen and oxygen atoms in total. The molecule has 0 aliphatic heterocycles. The second kappa shape index (κ2) is 13.6. The average molecular weight is 675 g/mol. The summed E-state index contributed by atoms with van der Waals surface area (Å²) in [6.07, 6.45) is -7.43. The smallest absolute Gasteiger partial charge is 0.475 e. The van der Waals surface area contributed by atoms with E-state index in [-0.39, 0.29) is 0 Å². The number of fused-ring (bicyclic) bond motifs is 1. The molecule has 5 rings (SSSR count). The van der Waals surface area contributed by atoms with Crippen LogP contribution in [0.15, 0.2) is 66.9 Å². The van der Waals surface area contributed by atoms with Crippen LogP contribution < -0.4 is 10.6 Å². The fraction of sp³-hybridized carbons (Fsp3) is 0.148. The number of aromatic nitrogens is 4. The number of benzene rings is 2. The summed E-state index contributed by atoms with van der Waals surface area (Å²) < 4.78 is 70.7. The molecule has 0 atom stereocenters. The molecule has 0 unspecified atom stereocenters. The zero-order valence-corrected chi connectivity index (χ0v) is 24.2. The first kappa shape index (κ1) is 32.7. The van der Waals surface area contributed by atoms with Gasteiger partial charge in [-0.25, -0.2) is 14.8 Å². The molecule has 230 valence electrons. The van der Waals surface area contributed by atoms with Crippen molar-refractivity contribution in [1.29, 1.82) is 0 Å². The van der Waals surface area contributed by atoms with Crippen molar-refractivity contribution in [3.05, 3.63) is 98.7 Å². The van der Waals surface area contributed by atoms with Crippen molar-refractivity contribution in [3.63, 3.8) is 0 Å². The summed E-state index contributed by atoms with van der Waals surface area (Å²) in [5, 5.41) is 15.1. The first-order valence-electron chi connectivity index (χ1n) is 12.2. The summed E-state index contributed by atoms with van der Waals surface area (Å²) in [6.45, 7) is 0.382. The maximum atomic E-state index is 13.0. The molecular formula is C27H18Cl2F6N6O2S. The zero-order chi connectivity index (χ0) is 32.1. The van der Waals surface area contributed by atoms with E-state index in [4.69, 9.17) is 38.1 Å². The van der Waals surface area contributed by atoms with Gasteiger partial charge in [-0.15, -0.1) is 0 Å². The molecule has 44 heavy (non-hydrogen) atoms. The third-order valence-electron chi connectivity index (χ3n) is 5.56. The molecule has 0 aliphatic carbocycles. The number of hydrogen-bond donors (Lipinski definition) is 3. The van der Waals surface area contributed by atoms with Crippen molar-refractivity contribution >= 4 is 68.3 Å². The normalized spacial score (nSPS) is 11.5. The van der Waals surface area contributed by atoms with E-state index in [1.807, 2.05) is 18.2 Å². The van der Waals surface area contributed by atoms with E-state index in [1.54, 1.807) is 24.4 Å². The Labute approximate surface area is 258 Å². The molecule has 0 bridgehead atoms. The first-order chi connectivity index (χ1) is 20.7. The molecule has 5 aromatic rings. The Bertz CT molecular complexity index is 1730. The number of rotatable bonds is 7. The Morgan fingerprint density at radius 3 is 2.11 bits per heavy atom. The highest BCUT2D eigenvalue weighted by Gasteiger charge is 2.38. The Hall–Kier alpha value is -4.21. The summed E-state index contributed by atoms with van der Waals surface area (Å²) in [5.41, 5.74) is 1.69. The SMILES string of the molecule is FC(F)(F)c1ccc(Nc2nc(NCc3ccccn3)nc3sc(Cc4c(Cl)cccc4Cl)nc23)cc1.O=C(O)C(F)(F)F. The lowest BCUT2D eigenvalue weighted by molar-refractivity contribution is -0.192. The Morgan fingerprint density at radius 1 is 0.886 bits per heavy atom. The third kappa shape index (κ3) is 8.67. The van der Waals surface area contributed by atoms with Gasteiger partial charge in [-0.3, -0.25) is 4.98 Å². The molecule has 0 aliphatic rings. The molecule has 0 saturated heterocycles. The lowest BCUT2D eigenvalue weighted by Gasteiger charge is -2.11. The number of halogens is 8. The predicted octanol–water partition coefficient (Wildman–Crippen LogP) is 8.39. The minimum atomic E-state index is -5.08. The number of carbonyl (C=O) groups is 1. The second-order valence-corrected chi connectivity index (χ2v) is 10.6. The lowest BCUT2D eigenvalue weighted by Crippen LogP contribution is -2.21. The standard InChI is InChI=1S/C25H17Cl2F3N6S.C2HF3O2/c26-18-5-3-6-19(27)17(18)12-20-34-21-22(33-15-9-7-14(8-10-15)25(28,29)30)35-24(36-23(21)37-20)32-13-16-4-1-2-11-31-16;3-2(4,5)1(6)7/h1-11H,12-13H2,(H2,32,33,35,36);(H,6,7). The van der Waals surface area contributed by atoms with Gasteiger partial charge in [0.1, 0.15) is 10.5 Å². The molecule has 17 heteroatoms. The van der Waals surface area contributed by atoms with Crippen molar-refractivity contribution in [3.8, 4) is 0 Å². The maximum Gasteiger partial charge on any atom is 0.490 e. The summed E-state index contributed by atoms with van der Waals surface area (Å²) in [7, 11) is 0. The number of carboxylic acid groups (broad SMARTS) is 1. The monoisotopic (exact) mass is 674 g/mol. The van der Waals surface area contributed by atoms with E-state index in [2.05, 4.69) is 25.6 Å². The van der Waals surface area contributed by atoms with Crippen molar-refractivity contribution in [2.24, 2.45) is 0 Å². The van der Waals surface area contributed by atoms with E-state index >= 15 is 0 Å². The molecule has 0 amide bonds. The van der Waals surface area contributed by atoms with E-state index in [0.717, 1.165) is 23.4 Å². The number of pyridine rings is 1. The first-order valence-corrected chi connectivity index (χ1v) is 13.8. The van der Waals surface area contributed by atoms with Gasteiger partial charge in [-0.2, -0.15) is 31.3 Å². The number of alkyl halides is 6. The highest BCUT2D eigenvalue weighted by molar-refractivity contribution is 7.18. The van der Waals surface area contributed by atoms with Gasteiger partial charge >= 0.3 is 18.3 Å². The van der Waals surface area contributed by atoms with Gasteiger partial charge in [0.2, 0.25) is 5.95 Å². The van der Waals surface area contributed by atoms with Gasteiger partial charge < -0.3 is 15.7 Å². The average Bonchev–Trinajstić information content (AvgIpc) is 3.37. The quantitative estimate of drug-likeness (QED) is 0.148. The molecule has 0 fully saturated rings. The fourth-order valence-electron chi connectivity index (χ4n) is 3.51. The van der Waals surface area contributed by atoms with Crippen LogP contribution in [0.5, 0.6) is 0 Å². The molecular weight excluding hydrogens is 657 g/mol. The minimum absolute atomic E-state index is 0.318. The van der Waals surface area contributed by atoms with Crippen LogP contribution in [0.1, 0.15) is 21.8 Å². The maximum absolute atomic E-state index is 13.0. The van der Waals surface area contributed by atoms with Crippen LogP contribution in [0, 0.1) is 0 Å². The van der Waals surface area contributed by atoms with Crippen molar-refractivity contribution in [2.75, 3.05) is 10.6 Å². The van der Waals surface area contributed by atoms with Crippen molar-refractivity contribution in [1.82, 2.24) is 19.9 Å². The molecule has 3 N–H and O–H groups in total. The third-order valence-corrected chi connectivity index (χ3v) is 7.22. The molecule has 0 saturated carbocycles. The number of nitrogens with zero attached hydrogens (tertiary/aromatic N) is 4. The number of thiazole rings is 1. The molecule has 3 heterocycles. The van der Waals surface area contributed by atoms with Crippen LogP contribution in [0.25, 0.3) is 10.3 Å². The Balaban J connectivity index is 0.000000566. The summed E-state index contributed by atoms with van der Waals surface area (Å²) >= 11 is 14.0. The van der Waals surface area contributed by atoms with Crippen LogP contribution in [-0.4, -0.2) is 37.2 Å². The van der Waals surface area contributed by atoms with Gasteiger partial charge in [-0.1, -0.05) is 46.7 Å². The topological polar surface area (TPSA) is 113 Å². The van der Waals surface area contributed by atoms with Crippen LogP contribution in [-0.2, 0) is 23.9 Å². The number of nitrogens with one attached hydrogen (secondary N) is 2. The van der Waals surface area contributed by atoms with Crippen LogP contribution in [0.3, 0.4) is 0 Å². The van der Waals surface area contributed by atoms with Gasteiger partial charge in [0.05, 0.1) is 17.8 Å². The number of hydrogen-bond acceptors (Lipinski definition) is 8. The Morgan fingerprint density at radius 2 is 1.55 bits per heavy atom. The van der Waals surface area contributed by atoms with E-state index in [0.29, 0.717) is 55.8 Å². The number of carboxylic acids is 1. The highest BCUT2D eigenvalue weighted by Crippen LogP contribution is 2.34. The molecule has 0 spiro atoms. The number of aliphatic carboxylic acids is 1. The summed E-state index contributed by atoms with van der Waals surface area (Å²) in [4.78, 5) is 27.6. The lowest BCUT2D eigenvalue weighted by atomic mass is 10.1. The zero-order valence-electron chi connectivity index (χ0n) is 21.8. The van der Waals surface area contributed by atoms with Crippen LogP contribution in [0.2, 0.25) is 10.0 Å². The van der Waals surface area contributed by atoms with Gasteiger partial charge in [0.25, 0.3) is 0 Å². The molecule has 2 aromatic carbocycles. The van der Waals surface area contributed by atoms with Crippen LogP contribution in [0.4, 0.5) is 43.8 Å². The summed E-state index contributed by atoms with van der Waals surface area (Å²) in [5.74, 6) is -2.09. The molecule has 0 radical (unpaired) electrons. The molecule has 3 aromatic heterocycles. The number of anilines is 3. The fourth-order valence-corrected chi connectivity index (χ4v) is 4.99. The predicted molar refractivity (Wildman–Crippen MR) is 154 cm³/mol. The van der Waals surface area contributed by atoms with E-state index < -0.39 is 23.9 Å². The van der Waals surface area contributed by atoms with Crippen molar-refractivity contribution in [2.45, 2.75) is 25.3 Å². The highest BCUT2D eigenvalue weighted by atomic mass is 35.5. The Kier molecular flexibility index (Phi) is 10.1. The van der Waals surface area contributed by atoms with E-state index in [9.17, 15) is 26.3 Å².